The second-order valence-electron chi connectivity index (χ2n) is 10.1. The molecule has 2 aromatic rings. The van der Waals surface area contributed by atoms with Crippen molar-refractivity contribution in [2.45, 2.75) is 55.3 Å². The fourth-order valence-electron chi connectivity index (χ4n) is 7.51. The highest BCUT2D eigenvalue weighted by Crippen LogP contribution is 2.66. The Morgan fingerprint density at radius 1 is 1.19 bits per heavy atom. The summed E-state index contributed by atoms with van der Waals surface area (Å²) in [5.41, 5.74) is 2.68. The molecule has 5 nitrogen and oxygen atoms in total. The van der Waals surface area contributed by atoms with Crippen molar-refractivity contribution in [3.05, 3.63) is 59.2 Å². The summed E-state index contributed by atoms with van der Waals surface area (Å²) in [5, 5.41) is 10.6. The van der Waals surface area contributed by atoms with E-state index in [4.69, 9.17) is 9.47 Å². The number of nitrogens with zero attached hydrogens (tertiary/aromatic N) is 1. The van der Waals surface area contributed by atoms with E-state index in [1.807, 2.05) is 13.2 Å². The third-order valence-corrected chi connectivity index (χ3v) is 8.98. The van der Waals surface area contributed by atoms with Crippen LogP contribution in [0.2, 0.25) is 0 Å². The van der Waals surface area contributed by atoms with Crippen molar-refractivity contribution in [3.63, 3.8) is 0 Å². The molecule has 2 aromatic carbocycles. The molecule has 2 aliphatic heterocycles. The number of rotatable bonds is 4. The molecule has 4 aliphatic rings. The van der Waals surface area contributed by atoms with Crippen molar-refractivity contribution in [2.75, 3.05) is 27.2 Å². The van der Waals surface area contributed by atoms with Gasteiger partial charge in [0.25, 0.3) is 0 Å². The van der Waals surface area contributed by atoms with Gasteiger partial charge in [0.15, 0.2) is 23.4 Å². The Balaban J connectivity index is 0.00000216. The van der Waals surface area contributed by atoms with Crippen LogP contribution in [0.25, 0.3) is 0 Å². The van der Waals surface area contributed by atoms with E-state index in [2.05, 4.69) is 37.4 Å². The van der Waals surface area contributed by atoms with Crippen LogP contribution in [0.15, 0.2) is 42.5 Å². The number of quaternary nitrogens is 1. The minimum absolute atomic E-state index is 0. The Labute approximate surface area is 206 Å². The second kappa shape index (κ2) is 7.43. The average molecular weight is 547 g/mol. The summed E-state index contributed by atoms with van der Waals surface area (Å²) in [4.78, 5) is 13.1. The predicted molar refractivity (Wildman–Crippen MR) is 116 cm³/mol. The van der Waals surface area contributed by atoms with Gasteiger partial charge >= 0.3 is 0 Å². The van der Waals surface area contributed by atoms with Crippen LogP contribution in [-0.4, -0.2) is 60.4 Å². The minimum Gasteiger partial charge on any atom is -1.00 e. The van der Waals surface area contributed by atoms with Crippen LogP contribution in [-0.2, 0) is 27.8 Å². The maximum atomic E-state index is 13.1. The molecule has 2 bridgehead atoms. The molecule has 2 aliphatic carbocycles. The van der Waals surface area contributed by atoms with Crippen LogP contribution in [0.1, 0.15) is 36.0 Å². The van der Waals surface area contributed by atoms with Gasteiger partial charge in [-0.1, -0.05) is 36.4 Å². The first kappa shape index (κ1) is 22.2. The number of halogens is 1. The van der Waals surface area contributed by atoms with Crippen LogP contribution < -0.4 is 28.7 Å². The zero-order valence-corrected chi connectivity index (χ0v) is 20.8. The Morgan fingerprint density at radius 2 is 1.97 bits per heavy atom. The van der Waals surface area contributed by atoms with Crippen molar-refractivity contribution in [1.82, 2.24) is 0 Å². The Bertz CT molecular complexity index is 1070. The van der Waals surface area contributed by atoms with E-state index in [0.717, 1.165) is 48.8 Å². The number of ketones is 1. The fourth-order valence-corrected chi connectivity index (χ4v) is 7.51. The van der Waals surface area contributed by atoms with E-state index in [-0.39, 0.29) is 41.6 Å². The summed E-state index contributed by atoms with van der Waals surface area (Å²) in [7, 11) is 4.19. The lowest BCUT2D eigenvalue weighted by Gasteiger charge is -2.65. The van der Waals surface area contributed by atoms with E-state index in [0.29, 0.717) is 12.2 Å². The van der Waals surface area contributed by atoms with Gasteiger partial charge in [-0.15, -0.1) is 0 Å². The van der Waals surface area contributed by atoms with Crippen LogP contribution in [0, 0.1) is 0 Å². The van der Waals surface area contributed by atoms with Gasteiger partial charge < -0.3 is 43.0 Å². The lowest BCUT2D eigenvalue weighted by atomic mass is 9.48. The van der Waals surface area contributed by atoms with Gasteiger partial charge in [-0.05, 0) is 23.6 Å². The molecule has 0 aromatic heterocycles. The SMILES string of the molecule is CO[C@@]12CCC(=O)[C@@H]3Oc4c(O)ccc5c4[C@@]31CC[N@@+](C)(CCc1ccccc1)[C@@H]2C5.[I-]. The average Bonchev–Trinajstić information content (AvgIpc) is 3.16. The van der Waals surface area contributed by atoms with Gasteiger partial charge in [-0.3, -0.25) is 4.79 Å². The predicted octanol–water partition coefficient (Wildman–Crippen LogP) is 0.161. The quantitative estimate of drug-likeness (QED) is 0.438. The topological polar surface area (TPSA) is 55.8 Å². The Hall–Kier alpha value is -1.64. The number of aromatic hydroxyl groups is 1. The number of phenols is 1. The van der Waals surface area contributed by atoms with E-state index >= 15 is 0 Å². The first-order valence-electron chi connectivity index (χ1n) is 11.4. The number of hydrogen-bond acceptors (Lipinski definition) is 4. The fraction of sp³-hybridized carbons (Fsp3) is 0.500. The molecule has 0 unspecified atom stereocenters. The molecule has 1 N–H and O–H groups in total. The largest absolute Gasteiger partial charge is 1.00 e. The maximum Gasteiger partial charge on any atom is 0.174 e. The minimum atomic E-state index is -0.547. The van der Waals surface area contributed by atoms with Crippen molar-refractivity contribution in [1.29, 1.82) is 0 Å². The summed E-state index contributed by atoms with van der Waals surface area (Å²) in [6.07, 6.45) is 3.39. The molecule has 5 atom stereocenters. The molecular weight excluding hydrogens is 517 g/mol. The monoisotopic (exact) mass is 547 g/mol. The Kier molecular flexibility index (Phi) is 5.15. The van der Waals surface area contributed by atoms with Gasteiger partial charge in [-0.25, -0.2) is 0 Å². The molecule has 0 amide bonds. The zero-order valence-electron chi connectivity index (χ0n) is 18.6. The lowest BCUT2D eigenvalue weighted by molar-refractivity contribution is -0.949. The molecule has 170 valence electrons. The molecule has 32 heavy (non-hydrogen) atoms. The number of ether oxygens (including phenoxy) is 2. The van der Waals surface area contributed by atoms with Gasteiger partial charge in [0.05, 0.1) is 25.6 Å². The molecular formula is C26H30INO4. The number of Topliss-reactive ketones (excluding diaryl/α,β-unsaturated/α-hetero) is 1. The summed E-state index contributed by atoms with van der Waals surface area (Å²) < 4.78 is 13.7. The summed E-state index contributed by atoms with van der Waals surface area (Å²) in [6, 6.07) is 14.7. The van der Waals surface area contributed by atoms with E-state index in [1.54, 1.807) is 6.07 Å². The van der Waals surface area contributed by atoms with Crippen LogP contribution in [0.4, 0.5) is 0 Å². The number of piperidine rings is 1. The number of methoxy groups -OCH3 is 1. The van der Waals surface area contributed by atoms with Crippen LogP contribution >= 0.6 is 0 Å². The van der Waals surface area contributed by atoms with Crippen LogP contribution in [0.3, 0.4) is 0 Å². The molecule has 2 heterocycles. The smallest absolute Gasteiger partial charge is 0.174 e. The summed E-state index contributed by atoms with van der Waals surface area (Å²) in [6.45, 7) is 2.01. The highest BCUT2D eigenvalue weighted by molar-refractivity contribution is 5.90. The normalized spacial score (nSPS) is 36.1. The number of carbonyl (C=O) groups excluding carboxylic acids is 1. The summed E-state index contributed by atoms with van der Waals surface area (Å²) in [5.74, 6) is 0.818. The van der Waals surface area contributed by atoms with E-state index in [1.165, 1.54) is 11.1 Å². The number of carbonyl (C=O) groups is 1. The maximum absolute atomic E-state index is 13.1. The standard InChI is InChI=1S/C26H29NO4.HI/c1-27(14-11-17-6-4-3-5-7-17)15-13-25-22-18-8-9-19(28)23(22)31-24(25)20(29)10-12-26(25,30-2)21(27)16-18;/h3-9,21,24H,10-16H2,1-2H3;1H/t21-,24+,25+,26-,27-;/m1./s1. The van der Waals surface area contributed by atoms with Crippen LogP contribution in [0.5, 0.6) is 11.5 Å². The van der Waals surface area contributed by atoms with Crippen molar-refractivity contribution >= 4 is 5.78 Å². The van der Waals surface area contributed by atoms with Crippen molar-refractivity contribution in [2.24, 2.45) is 0 Å². The highest BCUT2D eigenvalue weighted by Gasteiger charge is 2.77. The molecule has 1 spiro atoms. The highest BCUT2D eigenvalue weighted by atomic mass is 127. The first-order valence-corrected chi connectivity index (χ1v) is 11.4. The number of likely N-dealkylation sites (N-methyl/N-ethyl adjacent to an activating group) is 1. The van der Waals surface area contributed by atoms with Crippen molar-refractivity contribution in [3.8, 4) is 11.5 Å². The second-order valence-corrected chi connectivity index (χ2v) is 10.1. The van der Waals surface area contributed by atoms with Gasteiger partial charge in [-0.2, -0.15) is 0 Å². The number of benzene rings is 2. The number of hydrogen-bond donors (Lipinski definition) is 1. The first-order chi connectivity index (χ1) is 15.0. The third-order valence-electron chi connectivity index (χ3n) is 8.98. The van der Waals surface area contributed by atoms with E-state index < -0.39 is 17.1 Å². The Morgan fingerprint density at radius 3 is 2.72 bits per heavy atom. The molecule has 1 saturated heterocycles. The summed E-state index contributed by atoms with van der Waals surface area (Å²) >= 11 is 0. The molecule has 6 heteroatoms. The van der Waals surface area contributed by atoms with E-state index in [9.17, 15) is 9.90 Å². The molecule has 1 saturated carbocycles. The number of likely N-dealkylation sites (tertiary alicyclic amines) is 1. The van der Waals surface area contributed by atoms with Crippen molar-refractivity contribution < 1.29 is 47.8 Å². The molecule has 2 fully saturated rings. The zero-order chi connectivity index (χ0) is 21.4. The van der Waals surface area contributed by atoms with Gasteiger partial charge in [0, 0.05) is 38.4 Å². The molecule has 0 radical (unpaired) electrons. The lowest BCUT2D eigenvalue weighted by Crippen LogP contribution is -3.00. The number of phenolic OH excluding ortho intramolecular Hbond substituents is 1. The third kappa shape index (κ3) is 2.60. The molecule has 6 rings (SSSR count). The van der Waals surface area contributed by atoms with Gasteiger partial charge in [0.2, 0.25) is 0 Å². The van der Waals surface area contributed by atoms with Gasteiger partial charge in [0.1, 0.15) is 11.6 Å².